The second-order valence-corrected chi connectivity index (χ2v) is 3.04. The van der Waals surface area contributed by atoms with Gasteiger partial charge in [-0.25, -0.2) is 0 Å². The first-order valence-electron chi connectivity index (χ1n) is 4.32. The van der Waals surface area contributed by atoms with Crippen molar-refractivity contribution in [1.82, 2.24) is 14.6 Å². The molecular formula is C9H14Cl2N4. The van der Waals surface area contributed by atoms with Crippen molar-refractivity contribution in [1.29, 1.82) is 0 Å². The fourth-order valence-corrected chi connectivity index (χ4v) is 1.40. The van der Waals surface area contributed by atoms with Crippen molar-refractivity contribution in [3.63, 3.8) is 0 Å². The van der Waals surface area contributed by atoms with Crippen molar-refractivity contribution < 1.29 is 0 Å². The number of hydrogen-bond donors (Lipinski definition) is 1. The average Bonchev–Trinajstić information content (AvgIpc) is 2.51. The van der Waals surface area contributed by atoms with Crippen LogP contribution < -0.4 is 5.73 Å². The van der Waals surface area contributed by atoms with E-state index < -0.39 is 0 Å². The summed E-state index contributed by atoms with van der Waals surface area (Å²) in [5.74, 6) is 0.932. The molecule has 0 aliphatic rings. The molecular weight excluding hydrogens is 235 g/mol. The molecule has 0 aliphatic carbocycles. The number of hydrogen-bond acceptors (Lipinski definition) is 3. The third kappa shape index (κ3) is 2.59. The number of halogens is 2. The second-order valence-electron chi connectivity index (χ2n) is 3.04. The van der Waals surface area contributed by atoms with E-state index in [1.165, 1.54) is 0 Å². The van der Waals surface area contributed by atoms with Gasteiger partial charge in [0.1, 0.15) is 5.82 Å². The third-order valence-electron chi connectivity index (χ3n) is 2.07. The number of nitrogens with zero attached hydrogens (tertiary/aromatic N) is 3. The Bertz CT molecular complexity index is 427. The first kappa shape index (κ1) is 14.2. The number of aromatic nitrogens is 3. The van der Waals surface area contributed by atoms with Crippen LogP contribution in [-0.4, -0.2) is 21.1 Å². The largest absolute Gasteiger partial charge is 0.330 e. The van der Waals surface area contributed by atoms with Gasteiger partial charge in [-0.05, 0) is 25.1 Å². The minimum atomic E-state index is 0. The van der Waals surface area contributed by atoms with Gasteiger partial charge >= 0.3 is 0 Å². The van der Waals surface area contributed by atoms with E-state index in [1.54, 1.807) is 0 Å². The van der Waals surface area contributed by atoms with Gasteiger partial charge in [0.05, 0.1) is 0 Å². The molecule has 2 heterocycles. The summed E-state index contributed by atoms with van der Waals surface area (Å²) in [6.45, 7) is 2.63. The SMILES string of the molecule is Cc1cccn2c(CCN)nnc12.Cl.Cl. The summed E-state index contributed by atoms with van der Waals surface area (Å²) in [6, 6.07) is 4.02. The molecule has 15 heavy (non-hydrogen) atoms. The summed E-state index contributed by atoms with van der Waals surface area (Å²) in [5, 5.41) is 8.17. The predicted molar refractivity (Wildman–Crippen MR) is 65.0 cm³/mol. The van der Waals surface area contributed by atoms with E-state index in [0.29, 0.717) is 6.54 Å². The van der Waals surface area contributed by atoms with Gasteiger partial charge < -0.3 is 5.73 Å². The van der Waals surface area contributed by atoms with Crippen LogP contribution in [0.2, 0.25) is 0 Å². The van der Waals surface area contributed by atoms with Crippen molar-refractivity contribution in [2.45, 2.75) is 13.3 Å². The predicted octanol–water partition coefficient (Wildman–Crippen LogP) is 1.38. The third-order valence-corrected chi connectivity index (χ3v) is 2.07. The molecule has 84 valence electrons. The summed E-state index contributed by atoms with van der Waals surface area (Å²) in [4.78, 5) is 0. The van der Waals surface area contributed by atoms with Crippen LogP contribution >= 0.6 is 24.8 Å². The van der Waals surface area contributed by atoms with Crippen LogP contribution in [0.1, 0.15) is 11.4 Å². The molecule has 0 spiro atoms. The number of aryl methyl sites for hydroxylation is 1. The highest BCUT2D eigenvalue weighted by atomic mass is 35.5. The van der Waals surface area contributed by atoms with Crippen molar-refractivity contribution in [2.24, 2.45) is 5.73 Å². The van der Waals surface area contributed by atoms with Crippen molar-refractivity contribution in [3.8, 4) is 0 Å². The zero-order chi connectivity index (χ0) is 9.26. The summed E-state index contributed by atoms with van der Waals surface area (Å²) in [5.41, 5.74) is 7.53. The van der Waals surface area contributed by atoms with E-state index in [4.69, 9.17) is 5.73 Å². The molecule has 0 aliphatic heterocycles. The monoisotopic (exact) mass is 248 g/mol. The molecule has 0 radical (unpaired) electrons. The Morgan fingerprint density at radius 3 is 2.73 bits per heavy atom. The normalized spacial score (nSPS) is 9.47. The highest BCUT2D eigenvalue weighted by Crippen LogP contribution is 2.08. The first-order valence-corrected chi connectivity index (χ1v) is 4.32. The van der Waals surface area contributed by atoms with Gasteiger partial charge in [0.25, 0.3) is 0 Å². The zero-order valence-electron chi connectivity index (χ0n) is 8.38. The second kappa shape index (κ2) is 5.90. The fourth-order valence-electron chi connectivity index (χ4n) is 1.40. The lowest BCUT2D eigenvalue weighted by molar-refractivity contribution is 0.848. The van der Waals surface area contributed by atoms with E-state index in [-0.39, 0.29) is 24.8 Å². The molecule has 0 unspecified atom stereocenters. The van der Waals surface area contributed by atoms with Gasteiger partial charge in [-0.1, -0.05) is 6.07 Å². The molecule has 0 atom stereocenters. The molecule has 6 heteroatoms. The Morgan fingerprint density at radius 1 is 1.33 bits per heavy atom. The molecule has 0 saturated carbocycles. The lowest BCUT2D eigenvalue weighted by Gasteiger charge is -1.98. The van der Waals surface area contributed by atoms with E-state index in [0.717, 1.165) is 23.5 Å². The number of pyridine rings is 1. The molecule has 4 nitrogen and oxygen atoms in total. The molecule has 0 bridgehead atoms. The Labute approximate surface area is 101 Å². The van der Waals surface area contributed by atoms with Gasteiger partial charge in [-0.3, -0.25) is 4.40 Å². The number of fused-ring (bicyclic) bond motifs is 1. The molecule has 0 aromatic carbocycles. The van der Waals surface area contributed by atoms with Crippen LogP contribution in [0.4, 0.5) is 0 Å². The van der Waals surface area contributed by atoms with Gasteiger partial charge in [0.2, 0.25) is 0 Å². The Balaban J connectivity index is 0.000000980. The molecule has 0 saturated heterocycles. The van der Waals surface area contributed by atoms with E-state index in [1.807, 2.05) is 29.7 Å². The molecule has 2 rings (SSSR count). The van der Waals surface area contributed by atoms with Crippen LogP contribution in [-0.2, 0) is 6.42 Å². The molecule has 0 amide bonds. The summed E-state index contributed by atoms with van der Waals surface area (Å²) in [6.07, 6.45) is 2.73. The maximum atomic E-state index is 5.47. The van der Waals surface area contributed by atoms with Gasteiger partial charge in [-0.2, -0.15) is 0 Å². The highest BCUT2D eigenvalue weighted by molar-refractivity contribution is 5.85. The van der Waals surface area contributed by atoms with E-state index in [9.17, 15) is 0 Å². The molecule has 2 N–H and O–H groups in total. The minimum absolute atomic E-state index is 0. The quantitative estimate of drug-likeness (QED) is 0.874. The topological polar surface area (TPSA) is 56.2 Å². The van der Waals surface area contributed by atoms with Crippen molar-refractivity contribution >= 4 is 30.5 Å². The van der Waals surface area contributed by atoms with Gasteiger partial charge in [0, 0.05) is 12.6 Å². The van der Waals surface area contributed by atoms with Gasteiger partial charge in [0.15, 0.2) is 5.65 Å². The smallest absolute Gasteiger partial charge is 0.163 e. The number of nitrogens with two attached hydrogens (primary N) is 1. The van der Waals surface area contributed by atoms with E-state index in [2.05, 4.69) is 10.2 Å². The van der Waals surface area contributed by atoms with Crippen molar-refractivity contribution in [3.05, 3.63) is 29.7 Å². The maximum absolute atomic E-state index is 5.47. The zero-order valence-corrected chi connectivity index (χ0v) is 10.0. The van der Waals surface area contributed by atoms with Gasteiger partial charge in [-0.15, -0.1) is 35.0 Å². The summed E-state index contributed by atoms with van der Waals surface area (Å²) in [7, 11) is 0. The van der Waals surface area contributed by atoms with Crippen LogP contribution in [0.3, 0.4) is 0 Å². The molecule has 2 aromatic rings. The Morgan fingerprint density at radius 2 is 2.07 bits per heavy atom. The average molecular weight is 249 g/mol. The standard InChI is InChI=1S/C9H12N4.2ClH/c1-7-3-2-6-13-8(4-5-10)11-12-9(7)13;;/h2-3,6H,4-5,10H2,1H3;2*1H. The van der Waals surface area contributed by atoms with Crippen LogP contribution in [0.15, 0.2) is 18.3 Å². The first-order chi connectivity index (χ1) is 6.33. The summed E-state index contributed by atoms with van der Waals surface area (Å²) < 4.78 is 1.99. The molecule has 2 aromatic heterocycles. The number of rotatable bonds is 2. The lowest BCUT2D eigenvalue weighted by atomic mass is 10.3. The maximum Gasteiger partial charge on any atom is 0.163 e. The Kier molecular flexibility index (Phi) is 5.57. The fraction of sp³-hybridized carbons (Fsp3) is 0.333. The summed E-state index contributed by atoms with van der Waals surface area (Å²) >= 11 is 0. The van der Waals surface area contributed by atoms with E-state index >= 15 is 0 Å². The Hall–Kier alpha value is -0.840. The van der Waals surface area contributed by atoms with Crippen LogP contribution in [0.25, 0.3) is 5.65 Å². The van der Waals surface area contributed by atoms with Crippen molar-refractivity contribution in [2.75, 3.05) is 6.54 Å². The minimum Gasteiger partial charge on any atom is -0.330 e. The van der Waals surface area contributed by atoms with Crippen LogP contribution in [0.5, 0.6) is 0 Å². The lowest BCUT2D eigenvalue weighted by Crippen LogP contribution is -2.06. The van der Waals surface area contributed by atoms with Crippen LogP contribution in [0, 0.1) is 6.92 Å². The highest BCUT2D eigenvalue weighted by Gasteiger charge is 2.04. The molecule has 0 fully saturated rings.